The molecule has 5 rings (SSSR count). The van der Waals surface area contributed by atoms with Crippen molar-refractivity contribution in [1.82, 2.24) is 29.9 Å². The van der Waals surface area contributed by atoms with E-state index in [0.29, 0.717) is 12.1 Å². The van der Waals surface area contributed by atoms with Gasteiger partial charge in [-0.25, -0.2) is 32.1 Å². The standard InChI is InChI=1S/C31H22F4N8O9/c32-16-11-14(30(47)48)24(37-28(45)18-3-5-20(41-39-18)43-8-7-36-13-43)22(34)26(16)51-9-1-2-10-52-27-17(33)12-15(31(49)50)25(23(27)35)38-29(46)19-4-6-21(44)42-40-19/h3-8,11-13H,1-2,9-10H2,(H,37,45)(H,38,46)(H,42,44)(H,47,48)(H,49,50). The van der Waals surface area contributed by atoms with Gasteiger partial charge in [-0.3, -0.25) is 14.2 Å². The Bertz CT molecular complexity index is 2150. The summed E-state index contributed by atoms with van der Waals surface area (Å²) in [5.41, 5.74) is -4.54. The monoisotopic (exact) mass is 726 g/mol. The molecule has 3 aromatic heterocycles. The molecule has 0 aliphatic heterocycles. The number of halogens is 4. The summed E-state index contributed by atoms with van der Waals surface area (Å²) in [5, 5.41) is 46.3. The van der Waals surface area contributed by atoms with Gasteiger partial charge in [0.05, 0.1) is 35.7 Å². The average molecular weight is 727 g/mol. The third kappa shape index (κ3) is 7.98. The Balaban J connectivity index is 1.22. The largest absolute Gasteiger partial charge is 0.492 e. The Morgan fingerprint density at radius 3 is 1.62 bits per heavy atom. The van der Waals surface area contributed by atoms with E-state index in [4.69, 9.17) is 9.47 Å². The molecule has 0 atom stereocenters. The predicted molar refractivity (Wildman–Crippen MR) is 166 cm³/mol. The van der Waals surface area contributed by atoms with E-state index in [2.05, 4.69) is 25.4 Å². The molecule has 2 amide bonds. The van der Waals surface area contributed by atoms with Crippen molar-refractivity contribution in [2.45, 2.75) is 12.8 Å². The second-order valence-electron chi connectivity index (χ2n) is 10.3. The highest BCUT2D eigenvalue weighted by atomic mass is 19.1. The number of aromatic hydroxyl groups is 1. The van der Waals surface area contributed by atoms with Crippen molar-refractivity contribution >= 4 is 35.1 Å². The second-order valence-corrected chi connectivity index (χ2v) is 10.3. The molecule has 0 saturated carbocycles. The predicted octanol–water partition coefficient (Wildman–Crippen LogP) is 3.85. The molecule has 0 bridgehead atoms. The molecular formula is C31H22F4N8O9. The highest BCUT2D eigenvalue weighted by Gasteiger charge is 2.27. The molecule has 3 heterocycles. The van der Waals surface area contributed by atoms with E-state index in [9.17, 15) is 43.3 Å². The summed E-state index contributed by atoms with van der Waals surface area (Å²) < 4.78 is 71.9. The summed E-state index contributed by atoms with van der Waals surface area (Å²) in [5.74, 6) is -14.1. The number of carboxylic acid groups (broad SMARTS) is 2. The van der Waals surface area contributed by atoms with E-state index in [0.717, 1.165) is 12.1 Å². The first-order valence-corrected chi connectivity index (χ1v) is 14.6. The van der Waals surface area contributed by atoms with Gasteiger partial charge in [-0.15, -0.1) is 20.4 Å². The number of carbonyl (C=O) groups is 4. The molecule has 5 N–H and O–H groups in total. The number of ether oxygens (including phenoxy) is 2. The maximum atomic E-state index is 15.4. The van der Waals surface area contributed by atoms with Crippen molar-refractivity contribution in [3.05, 3.63) is 101 Å². The lowest BCUT2D eigenvalue weighted by Crippen LogP contribution is -2.19. The number of aromatic carboxylic acids is 2. The van der Waals surface area contributed by atoms with Crippen molar-refractivity contribution in [3.63, 3.8) is 0 Å². The van der Waals surface area contributed by atoms with Crippen LogP contribution < -0.4 is 20.1 Å². The first-order valence-electron chi connectivity index (χ1n) is 14.6. The highest BCUT2D eigenvalue weighted by molar-refractivity contribution is 6.08. The molecule has 5 aromatic rings. The molecule has 52 heavy (non-hydrogen) atoms. The van der Waals surface area contributed by atoms with Crippen molar-refractivity contribution in [2.75, 3.05) is 23.8 Å². The Kier molecular flexibility index (Phi) is 10.8. The minimum absolute atomic E-state index is 0.0559. The normalized spacial score (nSPS) is 10.8. The van der Waals surface area contributed by atoms with E-state index in [1.54, 1.807) is 6.20 Å². The number of unbranched alkanes of at least 4 members (excludes halogenated alkanes) is 1. The van der Waals surface area contributed by atoms with Gasteiger partial charge < -0.3 is 35.4 Å². The van der Waals surface area contributed by atoms with Crippen LogP contribution in [0.25, 0.3) is 5.82 Å². The number of anilines is 2. The lowest BCUT2D eigenvalue weighted by molar-refractivity contribution is 0.0685. The van der Waals surface area contributed by atoms with Crippen molar-refractivity contribution < 1.29 is 61.5 Å². The molecule has 0 spiro atoms. The van der Waals surface area contributed by atoms with Crippen LogP contribution in [0, 0.1) is 23.3 Å². The minimum atomic E-state index is -1.79. The average Bonchev–Trinajstić information content (AvgIpc) is 3.66. The molecule has 0 unspecified atom stereocenters. The number of amides is 2. The van der Waals surface area contributed by atoms with Gasteiger partial charge in [-0.05, 0) is 43.2 Å². The fraction of sp³-hybridized carbons (Fsp3) is 0.129. The number of benzene rings is 2. The molecule has 0 radical (unpaired) electrons. The van der Waals surface area contributed by atoms with E-state index >= 15 is 8.78 Å². The van der Waals surface area contributed by atoms with Crippen LogP contribution >= 0.6 is 0 Å². The number of hydrogen-bond donors (Lipinski definition) is 5. The zero-order valence-corrected chi connectivity index (χ0v) is 26.0. The Labute approximate surface area is 287 Å². The number of imidazole rings is 1. The van der Waals surface area contributed by atoms with Crippen LogP contribution in [-0.2, 0) is 0 Å². The summed E-state index contributed by atoms with van der Waals surface area (Å²) in [4.78, 5) is 52.5. The third-order valence-electron chi connectivity index (χ3n) is 6.86. The number of nitrogens with one attached hydrogen (secondary N) is 2. The molecule has 2 aromatic carbocycles. The lowest BCUT2D eigenvalue weighted by Gasteiger charge is -2.15. The molecular weight excluding hydrogens is 704 g/mol. The molecule has 0 aliphatic carbocycles. The molecule has 0 fully saturated rings. The minimum Gasteiger partial charge on any atom is -0.492 e. The first-order chi connectivity index (χ1) is 24.8. The smallest absolute Gasteiger partial charge is 0.338 e. The highest BCUT2D eigenvalue weighted by Crippen LogP contribution is 2.34. The molecule has 268 valence electrons. The Morgan fingerprint density at radius 2 is 1.21 bits per heavy atom. The van der Waals surface area contributed by atoms with E-state index in [-0.39, 0.29) is 24.4 Å². The van der Waals surface area contributed by atoms with Crippen LogP contribution in [-0.4, -0.2) is 82.2 Å². The van der Waals surface area contributed by atoms with Gasteiger partial charge in [0.15, 0.2) is 52.0 Å². The SMILES string of the molecule is O=C(Nc1c(C(=O)O)cc(F)c(OCCCCOc2c(F)cc(C(=O)O)c(NC(=O)c3ccc(-n4ccnc4)nn3)c2F)c1F)c1ccc(O)nn1. The van der Waals surface area contributed by atoms with Crippen LogP contribution in [0.3, 0.4) is 0 Å². The van der Waals surface area contributed by atoms with E-state index in [1.165, 1.54) is 29.2 Å². The first kappa shape index (κ1) is 36.1. The summed E-state index contributed by atoms with van der Waals surface area (Å²) in [6.45, 7) is -0.874. The molecule has 0 aliphatic rings. The molecule has 0 saturated heterocycles. The summed E-state index contributed by atoms with van der Waals surface area (Å²) >= 11 is 0. The number of rotatable bonds is 14. The van der Waals surface area contributed by atoms with Crippen LogP contribution in [0.4, 0.5) is 28.9 Å². The van der Waals surface area contributed by atoms with Crippen molar-refractivity contribution in [1.29, 1.82) is 0 Å². The zero-order valence-electron chi connectivity index (χ0n) is 26.0. The fourth-order valence-electron chi connectivity index (χ4n) is 4.38. The quantitative estimate of drug-likeness (QED) is 0.0807. The summed E-state index contributed by atoms with van der Waals surface area (Å²) in [6, 6.07) is 5.46. The van der Waals surface area contributed by atoms with Crippen molar-refractivity contribution in [3.8, 4) is 23.2 Å². The van der Waals surface area contributed by atoms with Gasteiger partial charge in [0.2, 0.25) is 5.88 Å². The van der Waals surface area contributed by atoms with Crippen LogP contribution in [0.1, 0.15) is 54.5 Å². The van der Waals surface area contributed by atoms with Gasteiger partial charge in [0.25, 0.3) is 11.8 Å². The molecule has 17 nitrogen and oxygen atoms in total. The number of carbonyl (C=O) groups excluding carboxylic acids is 2. The topological polar surface area (TPSA) is 241 Å². The maximum Gasteiger partial charge on any atom is 0.338 e. The van der Waals surface area contributed by atoms with E-state index in [1.807, 2.05) is 10.6 Å². The van der Waals surface area contributed by atoms with Gasteiger partial charge >= 0.3 is 11.9 Å². The number of carboxylic acids is 2. The second kappa shape index (κ2) is 15.6. The van der Waals surface area contributed by atoms with E-state index < -0.39 is 106 Å². The van der Waals surface area contributed by atoms with Crippen LogP contribution in [0.2, 0.25) is 0 Å². The van der Waals surface area contributed by atoms with Crippen LogP contribution in [0.15, 0.2) is 55.1 Å². The summed E-state index contributed by atoms with van der Waals surface area (Å²) in [7, 11) is 0. The summed E-state index contributed by atoms with van der Waals surface area (Å²) in [6.07, 6.45) is 4.34. The third-order valence-corrected chi connectivity index (χ3v) is 6.86. The van der Waals surface area contributed by atoms with Gasteiger partial charge in [-0.2, -0.15) is 0 Å². The fourth-order valence-corrected chi connectivity index (χ4v) is 4.38. The Hall–Kier alpha value is -7.19. The maximum absolute atomic E-state index is 15.4. The van der Waals surface area contributed by atoms with Gasteiger partial charge in [-0.1, -0.05) is 0 Å². The van der Waals surface area contributed by atoms with Gasteiger partial charge in [0.1, 0.15) is 6.33 Å². The Morgan fingerprint density at radius 1 is 0.712 bits per heavy atom. The number of hydrogen-bond acceptors (Lipinski definition) is 12. The number of aromatic nitrogens is 6. The zero-order chi connectivity index (χ0) is 37.5. The van der Waals surface area contributed by atoms with Crippen molar-refractivity contribution in [2.24, 2.45) is 0 Å². The van der Waals surface area contributed by atoms with Gasteiger partial charge in [0, 0.05) is 18.5 Å². The number of nitrogens with zero attached hydrogens (tertiary/aromatic N) is 6. The lowest BCUT2D eigenvalue weighted by atomic mass is 10.1. The molecule has 21 heteroatoms. The van der Waals surface area contributed by atoms with Crippen LogP contribution in [0.5, 0.6) is 17.4 Å².